The molecule has 14 nitrogen and oxygen atoms in total. The highest BCUT2D eigenvalue weighted by molar-refractivity contribution is 5.90. The van der Waals surface area contributed by atoms with Crippen molar-refractivity contribution < 1.29 is 64.7 Å². The standard InChI is InChI=1S/C30H25F3N2O6.C21H17F3N2O4/c1-3-40-28(36)23-11-9-21(10-12-23)15-16-29(30(31,32)33,41-20-39-2)26-19-34(18-22-7-5-4-6-8-22)27-17-24(35(37)38)13-14-25(26)27;1-3-20(21(22,23)24,30-14-29-2)18-13-25(12-15-7-5-4-6-8-15)19-11-16(26(27)28)9-10-17(18)19/h4-14,17,19H,3,18,20H2,1-2H3;1,4-11,13H,12,14H2,2H3. The second kappa shape index (κ2) is 22.2. The second-order valence-electron chi connectivity index (χ2n) is 15.4. The molecule has 7 rings (SSSR count). The highest BCUT2D eigenvalue weighted by atomic mass is 19.4. The number of carbonyl (C=O) groups is 1. The summed E-state index contributed by atoms with van der Waals surface area (Å²) in [5.41, 5.74) is -5.06. The normalized spacial score (nSPS) is 13.2. The maximum atomic E-state index is 15.1. The first kappa shape index (κ1) is 52.4. The maximum absolute atomic E-state index is 15.1. The van der Waals surface area contributed by atoms with Gasteiger partial charge < -0.3 is 32.8 Å². The van der Waals surface area contributed by atoms with Crippen LogP contribution in [0.1, 0.15) is 45.1 Å². The predicted octanol–water partition coefficient (Wildman–Crippen LogP) is 10.8. The molecule has 2 unspecified atom stereocenters. The molecule has 71 heavy (non-hydrogen) atoms. The number of nitrogens with zero attached hydrogens (tertiary/aromatic N) is 4. The number of aromatic nitrogens is 2. The molecule has 7 aromatic rings. The Morgan fingerprint density at radius 1 is 0.648 bits per heavy atom. The van der Waals surface area contributed by atoms with Crippen LogP contribution in [0.3, 0.4) is 0 Å². The van der Waals surface area contributed by atoms with Crippen molar-refractivity contribution in [1.82, 2.24) is 9.13 Å². The number of methoxy groups -OCH3 is 2. The van der Waals surface area contributed by atoms with Crippen LogP contribution in [0.25, 0.3) is 21.8 Å². The van der Waals surface area contributed by atoms with Gasteiger partial charge in [0.15, 0.2) is 0 Å². The average Bonchev–Trinajstić information content (AvgIpc) is 3.89. The van der Waals surface area contributed by atoms with Crippen molar-refractivity contribution in [3.05, 3.63) is 187 Å². The Balaban J connectivity index is 0.000000244. The fourth-order valence-electron chi connectivity index (χ4n) is 7.53. The first-order valence-electron chi connectivity index (χ1n) is 21.1. The van der Waals surface area contributed by atoms with Gasteiger partial charge in [0.25, 0.3) is 22.6 Å². The molecule has 0 N–H and O–H groups in total. The number of hydrogen-bond donors (Lipinski definition) is 0. The van der Waals surface area contributed by atoms with Crippen molar-refractivity contribution in [2.45, 2.75) is 43.6 Å². The molecule has 0 radical (unpaired) electrons. The van der Waals surface area contributed by atoms with Gasteiger partial charge in [-0.3, -0.25) is 20.2 Å². The minimum atomic E-state index is -5.06. The predicted molar refractivity (Wildman–Crippen MR) is 248 cm³/mol. The van der Waals surface area contributed by atoms with Gasteiger partial charge in [-0.25, -0.2) is 4.79 Å². The summed E-state index contributed by atoms with van der Waals surface area (Å²) >= 11 is 0. The van der Waals surface area contributed by atoms with Crippen molar-refractivity contribution in [1.29, 1.82) is 0 Å². The largest absolute Gasteiger partial charge is 0.462 e. The number of nitro benzene ring substituents is 2. The Morgan fingerprint density at radius 2 is 1.08 bits per heavy atom. The Kier molecular flexibility index (Phi) is 16.3. The van der Waals surface area contributed by atoms with Gasteiger partial charge in [-0.15, -0.1) is 6.42 Å². The van der Waals surface area contributed by atoms with Crippen LogP contribution in [0, 0.1) is 44.4 Å². The summed E-state index contributed by atoms with van der Waals surface area (Å²) in [6.07, 6.45) is -2.21. The van der Waals surface area contributed by atoms with Crippen LogP contribution in [-0.2, 0) is 48.0 Å². The smallest absolute Gasteiger partial charge is 0.433 e. The number of alkyl halides is 6. The van der Waals surface area contributed by atoms with E-state index in [1.54, 1.807) is 73.5 Å². The van der Waals surface area contributed by atoms with Crippen molar-refractivity contribution >= 4 is 39.1 Å². The van der Waals surface area contributed by atoms with Gasteiger partial charge in [0, 0.05) is 91.4 Å². The third kappa shape index (κ3) is 11.4. The fraction of sp³-hybridized carbons (Fsp3) is 0.235. The highest BCUT2D eigenvalue weighted by Crippen LogP contribution is 2.47. The number of fused-ring (bicyclic) bond motifs is 2. The molecule has 0 saturated carbocycles. The number of carbonyl (C=O) groups excluding carboxylic acids is 1. The molecule has 0 saturated heterocycles. The summed E-state index contributed by atoms with van der Waals surface area (Å²) in [6, 6.07) is 30.7. The number of hydrogen-bond acceptors (Lipinski definition) is 10. The van der Waals surface area contributed by atoms with Crippen LogP contribution >= 0.6 is 0 Å². The van der Waals surface area contributed by atoms with Gasteiger partial charge in [0.1, 0.15) is 13.6 Å². The summed E-state index contributed by atoms with van der Waals surface area (Å²) in [5, 5.41) is 22.9. The van der Waals surface area contributed by atoms with Crippen LogP contribution in [0.15, 0.2) is 134 Å². The van der Waals surface area contributed by atoms with Gasteiger partial charge in [0.05, 0.1) is 33.1 Å². The summed E-state index contributed by atoms with van der Waals surface area (Å²) < 4.78 is 115. The monoisotopic (exact) mass is 984 g/mol. The highest BCUT2D eigenvalue weighted by Gasteiger charge is 2.59. The van der Waals surface area contributed by atoms with E-state index < -0.39 is 53.0 Å². The third-order valence-corrected chi connectivity index (χ3v) is 10.9. The molecule has 2 aromatic heterocycles. The number of esters is 1. The second-order valence-corrected chi connectivity index (χ2v) is 15.4. The van der Waals surface area contributed by atoms with E-state index in [0.717, 1.165) is 23.3 Å². The van der Waals surface area contributed by atoms with Gasteiger partial charge in [-0.1, -0.05) is 72.5 Å². The van der Waals surface area contributed by atoms with Crippen molar-refractivity contribution in [2.75, 3.05) is 34.4 Å². The maximum Gasteiger partial charge on any atom is 0.433 e. The van der Waals surface area contributed by atoms with Gasteiger partial charge >= 0.3 is 18.3 Å². The molecule has 2 heterocycles. The van der Waals surface area contributed by atoms with Gasteiger partial charge in [0.2, 0.25) is 0 Å². The third-order valence-electron chi connectivity index (χ3n) is 10.9. The molecule has 20 heteroatoms. The van der Waals surface area contributed by atoms with E-state index in [1.165, 1.54) is 84.3 Å². The lowest BCUT2D eigenvalue weighted by Gasteiger charge is -2.30. The molecular weight excluding hydrogens is 943 g/mol. The molecule has 0 spiro atoms. The molecule has 2 atom stereocenters. The lowest BCUT2D eigenvalue weighted by molar-refractivity contribution is -0.384. The summed E-state index contributed by atoms with van der Waals surface area (Å²) in [6.45, 7) is 0.715. The number of terminal acetylenes is 1. The summed E-state index contributed by atoms with van der Waals surface area (Å²) in [5.74, 6) is 5.98. The SMILES string of the molecule is C#CC(OCOC)(c1cn(Cc2ccccc2)c2cc([N+](=O)[O-])ccc12)C(F)(F)F.CCOC(=O)c1ccc(C#CC(OCOC)(c2cn(Cc3ccccc3)c3cc([N+](=O)[O-])ccc23)C(F)(F)F)cc1. The van der Waals surface area contributed by atoms with Gasteiger partial charge in [-0.2, -0.15) is 26.3 Å². The number of ether oxygens (including phenoxy) is 5. The molecular formula is C51H42F6N4O10. The molecule has 0 aliphatic heterocycles. The van der Waals surface area contributed by atoms with Crippen molar-refractivity contribution in [2.24, 2.45) is 0 Å². The molecule has 368 valence electrons. The quantitative estimate of drug-likeness (QED) is 0.0228. The van der Waals surface area contributed by atoms with E-state index in [9.17, 15) is 38.2 Å². The molecule has 0 amide bonds. The molecule has 0 fully saturated rings. The molecule has 0 aliphatic rings. The minimum absolute atomic E-state index is 0.0759. The van der Waals surface area contributed by atoms with E-state index in [2.05, 4.69) is 16.6 Å². The van der Waals surface area contributed by atoms with E-state index in [0.29, 0.717) is 0 Å². The fourth-order valence-corrected chi connectivity index (χ4v) is 7.53. The number of halogens is 6. The summed E-state index contributed by atoms with van der Waals surface area (Å²) in [4.78, 5) is 33.4. The Bertz CT molecular complexity index is 3120. The van der Waals surface area contributed by atoms with E-state index >= 15 is 13.2 Å². The number of nitro groups is 2. The van der Waals surface area contributed by atoms with Crippen molar-refractivity contribution in [3.63, 3.8) is 0 Å². The van der Waals surface area contributed by atoms with Crippen LogP contribution in [0.4, 0.5) is 37.7 Å². The first-order valence-corrected chi connectivity index (χ1v) is 21.1. The minimum Gasteiger partial charge on any atom is -0.462 e. The first-order chi connectivity index (χ1) is 33.8. The number of non-ortho nitro benzene ring substituents is 2. The van der Waals surface area contributed by atoms with E-state index in [1.807, 2.05) is 0 Å². The Morgan fingerprint density at radius 3 is 1.48 bits per heavy atom. The van der Waals surface area contributed by atoms with E-state index in [-0.39, 0.29) is 75.1 Å². The lowest BCUT2D eigenvalue weighted by Crippen LogP contribution is -2.44. The average molecular weight is 985 g/mol. The van der Waals surface area contributed by atoms with E-state index in [4.69, 9.17) is 25.4 Å². The van der Waals surface area contributed by atoms with Crippen molar-refractivity contribution in [3.8, 4) is 24.2 Å². The number of benzene rings is 5. The topological polar surface area (TPSA) is 159 Å². The number of rotatable bonds is 16. The van der Waals surface area contributed by atoms with Crippen LogP contribution in [0.5, 0.6) is 0 Å². The zero-order chi connectivity index (χ0) is 51.6. The lowest BCUT2D eigenvalue weighted by atomic mass is 9.92. The van der Waals surface area contributed by atoms with Gasteiger partial charge in [-0.05, 0) is 60.4 Å². The molecule has 0 bridgehead atoms. The zero-order valence-electron chi connectivity index (χ0n) is 38.0. The molecule has 5 aromatic carbocycles. The Labute approximate surface area is 401 Å². The summed E-state index contributed by atoms with van der Waals surface area (Å²) in [7, 11) is 2.37. The van der Waals surface area contributed by atoms with Crippen LogP contribution < -0.4 is 0 Å². The molecule has 0 aliphatic carbocycles. The Hall–Kier alpha value is -8.01. The van der Waals surface area contributed by atoms with Crippen LogP contribution in [0.2, 0.25) is 0 Å². The zero-order valence-corrected chi connectivity index (χ0v) is 38.0. The van der Waals surface area contributed by atoms with Crippen LogP contribution in [-0.4, -0.2) is 71.7 Å².